The van der Waals surface area contributed by atoms with E-state index in [-0.39, 0.29) is 5.82 Å². The molecule has 3 heteroatoms. The first-order valence-electron chi connectivity index (χ1n) is 6.78. The van der Waals surface area contributed by atoms with Crippen LogP contribution in [0.4, 0.5) is 4.39 Å². The van der Waals surface area contributed by atoms with Gasteiger partial charge in [-0.15, -0.1) is 0 Å². The number of hydrogen-bond acceptors (Lipinski definition) is 2. The Morgan fingerprint density at radius 1 is 1.28 bits per heavy atom. The van der Waals surface area contributed by atoms with Crippen LogP contribution in [0.25, 0.3) is 0 Å². The molecule has 1 aromatic rings. The van der Waals surface area contributed by atoms with E-state index >= 15 is 0 Å². The fraction of sp³-hybridized carbons (Fsp3) is 0.600. The van der Waals surface area contributed by atoms with Gasteiger partial charge in [-0.25, -0.2) is 4.39 Å². The lowest BCUT2D eigenvalue weighted by molar-refractivity contribution is 0.284. The second-order valence-corrected chi connectivity index (χ2v) is 4.67. The molecule has 0 aliphatic carbocycles. The highest BCUT2D eigenvalue weighted by Gasteiger charge is 2.11. The molecule has 1 rings (SSSR count). The lowest BCUT2D eigenvalue weighted by Gasteiger charge is -2.23. The zero-order chi connectivity index (χ0) is 13.5. The Balaban J connectivity index is 2.67. The molecule has 0 heterocycles. The molecule has 0 radical (unpaired) electrons. The number of benzene rings is 1. The Morgan fingerprint density at radius 2 is 1.94 bits per heavy atom. The third kappa shape index (κ3) is 4.07. The normalized spacial score (nSPS) is 13.0. The van der Waals surface area contributed by atoms with Gasteiger partial charge < -0.3 is 10.2 Å². The molecule has 102 valence electrons. The van der Waals surface area contributed by atoms with Crippen LogP contribution in [-0.2, 0) is 0 Å². The quantitative estimate of drug-likeness (QED) is 0.802. The molecule has 1 atom stereocenters. The van der Waals surface area contributed by atoms with Gasteiger partial charge in [0.15, 0.2) is 0 Å². The molecule has 1 aromatic carbocycles. The second kappa shape index (κ2) is 7.49. The van der Waals surface area contributed by atoms with Crippen molar-refractivity contribution in [3.63, 3.8) is 0 Å². The van der Waals surface area contributed by atoms with Crippen LogP contribution >= 0.6 is 0 Å². The number of rotatable bonds is 7. The lowest BCUT2D eigenvalue weighted by Crippen LogP contribution is -2.28. The number of halogens is 1. The van der Waals surface area contributed by atoms with Crippen LogP contribution in [0.5, 0.6) is 0 Å². The minimum Gasteiger partial charge on any atom is -0.313 e. The SMILES string of the molecule is CCN(CC)CCC(NC)c1ccc(F)c(C)c1. The highest BCUT2D eigenvalue weighted by Crippen LogP contribution is 2.19. The van der Waals surface area contributed by atoms with Crippen molar-refractivity contribution in [2.24, 2.45) is 0 Å². The summed E-state index contributed by atoms with van der Waals surface area (Å²) in [5, 5.41) is 3.32. The Bertz CT molecular complexity index is 362. The van der Waals surface area contributed by atoms with Gasteiger partial charge >= 0.3 is 0 Å². The molecule has 0 amide bonds. The average Bonchev–Trinajstić information content (AvgIpc) is 2.38. The van der Waals surface area contributed by atoms with E-state index in [9.17, 15) is 4.39 Å². The molecule has 0 bridgehead atoms. The molecule has 0 aliphatic rings. The number of aryl methyl sites for hydroxylation is 1. The summed E-state index contributed by atoms with van der Waals surface area (Å²) in [5.74, 6) is -0.127. The van der Waals surface area contributed by atoms with Crippen molar-refractivity contribution in [1.82, 2.24) is 10.2 Å². The molecule has 1 unspecified atom stereocenters. The van der Waals surface area contributed by atoms with Gasteiger partial charge in [0.2, 0.25) is 0 Å². The molecule has 2 nitrogen and oxygen atoms in total. The van der Waals surface area contributed by atoms with Crippen LogP contribution < -0.4 is 5.32 Å². The van der Waals surface area contributed by atoms with Crippen LogP contribution in [0.1, 0.15) is 37.4 Å². The van der Waals surface area contributed by atoms with Crippen molar-refractivity contribution < 1.29 is 4.39 Å². The minimum atomic E-state index is -0.127. The topological polar surface area (TPSA) is 15.3 Å². The van der Waals surface area contributed by atoms with E-state index in [1.165, 1.54) is 5.56 Å². The smallest absolute Gasteiger partial charge is 0.126 e. The summed E-state index contributed by atoms with van der Waals surface area (Å²) in [6.07, 6.45) is 1.04. The number of hydrogen-bond donors (Lipinski definition) is 1. The summed E-state index contributed by atoms with van der Waals surface area (Å²) < 4.78 is 13.3. The second-order valence-electron chi connectivity index (χ2n) is 4.67. The number of nitrogens with one attached hydrogen (secondary N) is 1. The maximum absolute atomic E-state index is 13.3. The Labute approximate surface area is 110 Å². The molecule has 0 fully saturated rings. The van der Waals surface area contributed by atoms with Crippen LogP contribution in [0, 0.1) is 12.7 Å². The van der Waals surface area contributed by atoms with E-state index in [1.807, 2.05) is 26.1 Å². The van der Waals surface area contributed by atoms with Crippen LogP contribution in [0.2, 0.25) is 0 Å². The van der Waals surface area contributed by atoms with E-state index in [2.05, 4.69) is 24.1 Å². The molecular weight excluding hydrogens is 227 g/mol. The predicted molar refractivity (Wildman–Crippen MR) is 75.3 cm³/mol. The van der Waals surface area contributed by atoms with Gasteiger partial charge in [-0.05, 0) is 57.2 Å². The zero-order valence-electron chi connectivity index (χ0n) is 12.0. The van der Waals surface area contributed by atoms with Crippen molar-refractivity contribution in [1.29, 1.82) is 0 Å². The van der Waals surface area contributed by atoms with E-state index in [0.29, 0.717) is 6.04 Å². The molecule has 1 N–H and O–H groups in total. The third-order valence-corrected chi connectivity index (χ3v) is 3.56. The molecule has 0 saturated carbocycles. The summed E-state index contributed by atoms with van der Waals surface area (Å²) in [6, 6.07) is 5.68. The maximum Gasteiger partial charge on any atom is 0.126 e. The summed E-state index contributed by atoms with van der Waals surface area (Å²) >= 11 is 0. The summed E-state index contributed by atoms with van der Waals surface area (Å²) in [5.41, 5.74) is 1.89. The van der Waals surface area contributed by atoms with Crippen LogP contribution in [-0.4, -0.2) is 31.6 Å². The fourth-order valence-corrected chi connectivity index (χ4v) is 2.21. The van der Waals surface area contributed by atoms with E-state index in [4.69, 9.17) is 0 Å². The first-order valence-corrected chi connectivity index (χ1v) is 6.78. The van der Waals surface area contributed by atoms with Crippen molar-refractivity contribution in [3.05, 3.63) is 35.1 Å². The molecule has 0 aromatic heterocycles. The molecule has 0 spiro atoms. The van der Waals surface area contributed by atoms with Crippen molar-refractivity contribution >= 4 is 0 Å². The van der Waals surface area contributed by atoms with Gasteiger partial charge in [0, 0.05) is 6.04 Å². The Kier molecular flexibility index (Phi) is 6.30. The number of nitrogens with zero attached hydrogens (tertiary/aromatic N) is 1. The van der Waals surface area contributed by atoms with Crippen molar-refractivity contribution in [3.8, 4) is 0 Å². The van der Waals surface area contributed by atoms with Gasteiger partial charge in [-0.2, -0.15) is 0 Å². The maximum atomic E-state index is 13.3. The zero-order valence-corrected chi connectivity index (χ0v) is 12.0. The van der Waals surface area contributed by atoms with E-state index in [1.54, 1.807) is 6.07 Å². The highest BCUT2D eigenvalue weighted by molar-refractivity contribution is 5.26. The standard InChI is InChI=1S/C15H25FN2/c1-5-18(6-2)10-9-15(17-4)13-7-8-14(16)12(3)11-13/h7-8,11,15,17H,5-6,9-10H2,1-4H3. The van der Waals surface area contributed by atoms with Gasteiger partial charge in [-0.3, -0.25) is 0 Å². The van der Waals surface area contributed by atoms with Crippen molar-refractivity contribution in [2.75, 3.05) is 26.7 Å². The fourth-order valence-electron chi connectivity index (χ4n) is 2.21. The lowest BCUT2D eigenvalue weighted by atomic mass is 10.0. The van der Waals surface area contributed by atoms with Gasteiger partial charge in [0.25, 0.3) is 0 Å². The first kappa shape index (κ1) is 15.1. The minimum absolute atomic E-state index is 0.127. The van der Waals surface area contributed by atoms with E-state index < -0.39 is 0 Å². The van der Waals surface area contributed by atoms with Crippen LogP contribution in [0.3, 0.4) is 0 Å². The summed E-state index contributed by atoms with van der Waals surface area (Å²) in [7, 11) is 1.96. The van der Waals surface area contributed by atoms with E-state index in [0.717, 1.165) is 31.6 Å². The highest BCUT2D eigenvalue weighted by atomic mass is 19.1. The van der Waals surface area contributed by atoms with Gasteiger partial charge in [-0.1, -0.05) is 26.0 Å². The van der Waals surface area contributed by atoms with Gasteiger partial charge in [0.1, 0.15) is 5.82 Å². The molecular formula is C15H25FN2. The summed E-state index contributed by atoms with van der Waals surface area (Å²) in [6.45, 7) is 9.40. The molecule has 0 aliphatic heterocycles. The molecule has 0 saturated heterocycles. The average molecular weight is 252 g/mol. The molecule has 18 heavy (non-hydrogen) atoms. The largest absolute Gasteiger partial charge is 0.313 e. The summed E-state index contributed by atoms with van der Waals surface area (Å²) in [4.78, 5) is 2.40. The predicted octanol–water partition coefficient (Wildman–Crippen LogP) is 3.13. The van der Waals surface area contributed by atoms with Crippen molar-refractivity contribution in [2.45, 2.75) is 33.2 Å². The van der Waals surface area contributed by atoms with Gasteiger partial charge in [0.05, 0.1) is 0 Å². The third-order valence-electron chi connectivity index (χ3n) is 3.56. The Hall–Kier alpha value is -0.930. The van der Waals surface area contributed by atoms with Crippen LogP contribution in [0.15, 0.2) is 18.2 Å². The monoisotopic (exact) mass is 252 g/mol. The first-order chi connectivity index (χ1) is 8.62. The Morgan fingerprint density at radius 3 is 2.44 bits per heavy atom.